The van der Waals surface area contributed by atoms with Crippen LogP contribution in [0.2, 0.25) is 0 Å². The Bertz CT molecular complexity index is 357. The number of hydrogen-bond acceptors (Lipinski definition) is 6. The number of rotatable bonds is 8. The summed E-state index contributed by atoms with van der Waals surface area (Å²) in [7, 11) is 0. The van der Waals surface area contributed by atoms with Crippen LogP contribution in [-0.4, -0.2) is 49.6 Å². The Morgan fingerprint density at radius 1 is 1.59 bits per heavy atom. The largest absolute Gasteiger partial charge is 0.480 e. The normalized spacial score (nSPS) is 12.6. The third-order valence-electron chi connectivity index (χ3n) is 2.06. The molecule has 7 nitrogen and oxygen atoms in total. The zero-order valence-electron chi connectivity index (χ0n) is 9.96. The summed E-state index contributed by atoms with van der Waals surface area (Å²) < 4.78 is 1.62. The van der Waals surface area contributed by atoms with E-state index in [2.05, 4.69) is 27.8 Å². The van der Waals surface area contributed by atoms with Crippen LogP contribution >= 0.6 is 11.8 Å². The number of tetrazole rings is 1. The Hall–Kier alpha value is -1.15. The molecule has 0 aromatic carbocycles. The quantitative estimate of drug-likeness (QED) is 0.510. The van der Waals surface area contributed by atoms with Gasteiger partial charge in [-0.1, -0.05) is 18.7 Å². The lowest BCUT2D eigenvalue weighted by molar-refractivity contribution is -0.136. The Morgan fingerprint density at radius 3 is 3.00 bits per heavy atom. The van der Waals surface area contributed by atoms with Crippen molar-refractivity contribution in [3.63, 3.8) is 0 Å². The van der Waals surface area contributed by atoms with Crippen molar-refractivity contribution in [1.82, 2.24) is 25.5 Å². The maximum Gasteiger partial charge on any atom is 0.316 e. The van der Waals surface area contributed by atoms with E-state index in [4.69, 9.17) is 5.11 Å². The fourth-order valence-corrected chi connectivity index (χ4v) is 1.87. The summed E-state index contributed by atoms with van der Waals surface area (Å²) in [5.41, 5.74) is 0. The summed E-state index contributed by atoms with van der Waals surface area (Å²) in [6, 6.07) is 0. The molecule has 8 heteroatoms. The van der Waals surface area contributed by atoms with Gasteiger partial charge in [-0.2, -0.15) is 0 Å². The number of aromatic nitrogens is 4. The van der Waals surface area contributed by atoms with Crippen molar-refractivity contribution in [3.8, 4) is 0 Å². The zero-order valence-corrected chi connectivity index (χ0v) is 10.8. The first-order valence-corrected chi connectivity index (χ1v) is 6.39. The van der Waals surface area contributed by atoms with E-state index < -0.39 is 11.2 Å². The number of thioether (sulfide) groups is 1. The molecule has 0 radical (unpaired) electrons. The molecule has 1 aromatic heterocycles. The van der Waals surface area contributed by atoms with Gasteiger partial charge in [-0.3, -0.25) is 4.79 Å². The van der Waals surface area contributed by atoms with Crippen LogP contribution in [0.15, 0.2) is 5.16 Å². The van der Waals surface area contributed by atoms with E-state index in [9.17, 15) is 4.79 Å². The zero-order chi connectivity index (χ0) is 12.7. The molecule has 0 spiro atoms. The predicted molar refractivity (Wildman–Crippen MR) is 63.9 cm³/mol. The van der Waals surface area contributed by atoms with Crippen LogP contribution < -0.4 is 5.32 Å². The molecule has 0 amide bonds. The Kier molecular flexibility index (Phi) is 5.92. The monoisotopic (exact) mass is 259 g/mol. The second-order valence-corrected chi connectivity index (χ2v) is 4.84. The second-order valence-electron chi connectivity index (χ2n) is 3.53. The summed E-state index contributed by atoms with van der Waals surface area (Å²) >= 11 is 1.15. The minimum atomic E-state index is -0.867. The van der Waals surface area contributed by atoms with Crippen molar-refractivity contribution in [3.05, 3.63) is 0 Å². The van der Waals surface area contributed by atoms with Gasteiger partial charge in [0.05, 0.1) is 6.54 Å². The molecule has 1 aromatic rings. The summed E-state index contributed by atoms with van der Waals surface area (Å²) in [6.45, 7) is 6.08. The van der Waals surface area contributed by atoms with Gasteiger partial charge in [-0.15, -0.1) is 5.10 Å². The average molecular weight is 259 g/mol. The van der Waals surface area contributed by atoms with Crippen LogP contribution in [0.4, 0.5) is 0 Å². The standard InChI is InChI=1S/C9H17N5O2S/c1-3-4-10-5-6-14-9(11-12-13-14)17-7(2)8(15)16/h7,10H,3-6H2,1-2H3,(H,15,16). The van der Waals surface area contributed by atoms with E-state index in [1.54, 1.807) is 11.6 Å². The van der Waals surface area contributed by atoms with Gasteiger partial charge in [-0.05, 0) is 30.3 Å². The number of hydrogen-bond donors (Lipinski definition) is 2. The maximum atomic E-state index is 10.7. The van der Waals surface area contributed by atoms with Crippen molar-refractivity contribution in [2.24, 2.45) is 0 Å². The van der Waals surface area contributed by atoms with Gasteiger partial charge >= 0.3 is 5.97 Å². The van der Waals surface area contributed by atoms with Crippen LogP contribution in [0.5, 0.6) is 0 Å². The Morgan fingerprint density at radius 2 is 2.35 bits per heavy atom. The first-order valence-electron chi connectivity index (χ1n) is 5.51. The molecule has 0 aliphatic heterocycles. The fourth-order valence-electron chi connectivity index (χ4n) is 1.12. The van der Waals surface area contributed by atoms with Crippen molar-refractivity contribution in [1.29, 1.82) is 0 Å². The van der Waals surface area contributed by atoms with Gasteiger partial charge in [0.15, 0.2) is 0 Å². The molecule has 0 aliphatic rings. The second kappa shape index (κ2) is 7.23. The first-order chi connectivity index (χ1) is 8.15. The van der Waals surface area contributed by atoms with E-state index >= 15 is 0 Å². The van der Waals surface area contributed by atoms with Gasteiger partial charge in [0.1, 0.15) is 5.25 Å². The lowest BCUT2D eigenvalue weighted by atomic mass is 10.5. The maximum absolute atomic E-state index is 10.7. The molecule has 0 aliphatic carbocycles. The number of carbonyl (C=O) groups is 1. The molecule has 0 fully saturated rings. The van der Waals surface area contributed by atoms with Crippen molar-refractivity contribution < 1.29 is 9.90 Å². The van der Waals surface area contributed by atoms with Crippen LogP contribution in [0.25, 0.3) is 0 Å². The fraction of sp³-hybridized carbons (Fsp3) is 0.778. The lowest BCUT2D eigenvalue weighted by Crippen LogP contribution is -2.22. The molecule has 17 heavy (non-hydrogen) atoms. The molecule has 2 N–H and O–H groups in total. The van der Waals surface area contributed by atoms with Gasteiger partial charge in [0, 0.05) is 6.54 Å². The predicted octanol–water partition coefficient (Wildman–Crippen LogP) is 0.238. The van der Waals surface area contributed by atoms with Crippen molar-refractivity contribution >= 4 is 17.7 Å². The molecule has 96 valence electrons. The summed E-state index contributed by atoms with van der Waals surface area (Å²) in [5, 5.41) is 23.2. The molecule has 0 saturated carbocycles. The van der Waals surface area contributed by atoms with Crippen LogP contribution in [0.1, 0.15) is 20.3 Å². The molecule has 1 rings (SSSR count). The third kappa shape index (κ3) is 4.70. The molecular formula is C9H17N5O2S. The molecule has 1 atom stereocenters. The Labute approximate surface area is 104 Å². The topological polar surface area (TPSA) is 92.9 Å². The van der Waals surface area contributed by atoms with E-state index in [0.29, 0.717) is 11.7 Å². The van der Waals surface area contributed by atoms with Gasteiger partial charge < -0.3 is 10.4 Å². The highest BCUT2D eigenvalue weighted by Gasteiger charge is 2.17. The SMILES string of the molecule is CCCNCCn1nnnc1SC(C)C(=O)O. The number of carboxylic acid groups (broad SMARTS) is 1. The van der Waals surface area contributed by atoms with Crippen LogP contribution in [-0.2, 0) is 11.3 Å². The van der Waals surface area contributed by atoms with Crippen molar-refractivity contribution in [2.75, 3.05) is 13.1 Å². The minimum absolute atomic E-state index is 0.540. The van der Waals surface area contributed by atoms with E-state index in [1.165, 1.54) is 0 Å². The van der Waals surface area contributed by atoms with Gasteiger partial charge in [0.2, 0.25) is 5.16 Å². The molecular weight excluding hydrogens is 242 g/mol. The summed E-state index contributed by atoms with van der Waals surface area (Å²) in [6.07, 6.45) is 1.08. The highest BCUT2D eigenvalue weighted by molar-refractivity contribution is 8.00. The highest BCUT2D eigenvalue weighted by Crippen LogP contribution is 2.19. The molecule has 0 bridgehead atoms. The molecule has 0 saturated heterocycles. The molecule has 1 unspecified atom stereocenters. The van der Waals surface area contributed by atoms with Crippen molar-refractivity contribution in [2.45, 2.75) is 37.2 Å². The summed E-state index contributed by atoms with van der Waals surface area (Å²) in [5.74, 6) is -0.867. The van der Waals surface area contributed by atoms with E-state index in [0.717, 1.165) is 31.3 Å². The summed E-state index contributed by atoms with van der Waals surface area (Å²) in [4.78, 5) is 10.7. The van der Waals surface area contributed by atoms with E-state index in [-0.39, 0.29) is 0 Å². The Balaban J connectivity index is 2.45. The van der Waals surface area contributed by atoms with Crippen LogP contribution in [0.3, 0.4) is 0 Å². The number of nitrogens with one attached hydrogen (secondary N) is 1. The smallest absolute Gasteiger partial charge is 0.316 e. The average Bonchev–Trinajstić information content (AvgIpc) is 2.72. The van der Waals surface area contributed by atoms with Crippen LogP contribution in [0, 0.1) is 0 Å². The highest BCUT2D eigenvalue weighted by atomic mass is 32.2. The number of aliphatic carboxylic acids is 1. The number of nitrogens with zero attached hydrogens (tertiary/aromatic N) is 4. The lowest BCUT2D eigenvalue weighted by Gasteiger charge is -2.07. The number of carboxylic acids is 1. The molecule has 1 heterocycles. The van der Waals surface area contributed by atoms with Gasteiger partial charge in [0.25, 0.3) is 0 Å². The third-order valence-corrected chi connectivity index (χ3v) is 3.11. The minimum Gasteiger partial charge on any atom is -0.480 e. The van der Waals surface area contributed by atoms with Gasteiger partial charge in [-0.25, -0.2) is 4.68 Å². The van der Waals surface area contributed by atoms with E-state index in [1.807, 2.05) is 0 Å². The first kappa shape index (κ1) is 13.9.